The summed E-state index contributed by atoms with van der Waals surface area (Å²) in [5, 5.41) is 3.76. The highest BCUT2D eigenvalue weighted by atomic mass is 16.6. The molecule has 0 bridgehead atoms. The van der Waals surface area contributed by atoms with E-state index in [9.17, 15) is 4.79 Å². The first-order chi connectivity index (χ1) is 11.5. The van der Waals surface area contributed by atoms with Gasteiger partial charge in [0.25, 0.3) is 0 Å². The van der Waals surface area contributed by atoms with Crippen LogP contribution in [0.2, 0.25) is 0 Å². The molecule has 0 radical (unpaired) electrons. The predicted octanol–water partition coefficient (Wildman–Crippen LogP) is 4.93. The number of carbonyl (C=O) groups is 1. The van der Waals surface area contributed by atoms with E-state index in [4.69, 9.17) is 4.74 Å². The fraction of sp³-hybridized carbons (Fsp3) is 0.952. The van der Waals surface area contributed by atoms with Gasteiger partial charge in [0.2, 0.25) is 0 Å². The molecule has 0 saturated carbocycles. The Morgan fingerprint density at radius 2 is 1.64 bits per heavy atom. The summed E-state index contributed by atoms with van der Waals surface area (Å²) in [6.07, 6.45) is 3.12. The van der Waals surface area contributed by atoms with Crippen LogP contribution in [0.3, 0.4) is 0 Å². The minimum Gasteiger partial charge on any atom is -0.444 e. The summed E-state index contributed by atoms with van der Waals surface area (Å²) >= 11 is 0. The van der Waals surface area contributed by atoms with Gasteiger partial charge in [0.1, 0.15) is 5.60 Å². The van der Waals surface area contributed by atoms with Gasteiger partial charge >= 0.3 is 6.09 Å². The molecule has 4 nitrogen and oxygen atoms in total. The van der Waals surface area contributed by atoms with Gasteiger partial charge in [-0.3, -0.25) is 0 Å². The second-order valence-electron chi connectivity index (χ2n) is 9.60. The van der Waals surface area contributed by atoms with Gasteiger partial charge in [-0.25, -0.2) is 4.79 Å². The SMILES string of the molecule is CCC1(CNCC(C(C)C)C(C)C)CCN(C(=O)OC(C)(C)C)CC1. The molecule has 0 unspecified atom stereocenters. The Hall–Kier alpha value is -0.770. The Morgan fingerprint density at radius 1 is 1.12 bits per heavy atom. The highest BCUT2D eigenvalue weighted by Crippen LogP contribution is 2.35. The van der Waals surface area contributed by atoms with E-state index in [0.717, 1.165) is 51.4 Å². The van der Waals surface area contributed by atoms with Crippen molar-refractivity contribution in [1.82, 2.24) is 10.2 Å². The maximum Gasteiger partial charge on any atom is 0.410 e. The number of hydrogen-bond acceptors (Lipinski definition) is 3. The Morgan fingerprint density at radius 3 is 2.04 bits per heavy atom. The lowest BCUT2D eigenvalue weighted by Crippen LogP contribution is -2.48. The van der Waals surface area contributed by atoms with Crippen molar-refractivity contribution in [2.75, 3.05) is 26.2 Å². The van der Waals surface area contributed by atoms with Crippen LogP contribution in [0.4, 0.5) is 4.79 Å². The van der Waals surface area contributed by atoms with Crippen LogP contribution in [0, 0.1) is 23.2 Å². The number of piperidine rings is 1. The summed E-state index contributed by atoms with van der Waals surface area (Å²) in [7, 11) is 0. The van der Waals surface area contributed by atoms with Gasteiger partial charge in [0.15, 0.2) is 0 Å². The summed E-state index contributed by atoms with van der Waals surface area (Å²) < 4.78 is 5.52. The predicted molar refractivity (Wildman–Crippen MR) is 106 cm³/mol. The minimum atomic E-state index is -0.416. The van der Waals surface area contributed by atoms with E-state index in [-0.39, 0.29) is 6.09 Å². The number of likely N-dealkylation sites (tertiary alicyclic amines) is 1. The molecular weight excluding hydrogens is 312 g/mol. The van der Waals surface area contributed by atoms with Gasteiger partial charge in [-0.05, 0) is 69.7 Å². The van der Waals surface area contributed by atoms with Crippen molar-refractivity contribution in [2.24, 2.45) is 23.2 Å². The van der Waals surface area contributed by atoms with Crippen LogP contribution in [0.1, 0.15) is 74.7 Å². The van der Waals surface area contributed by atoms with Gasteiger partial charge in [0, 0.05) is 19.6 Å². The molecule has 4 heteroatoms. The van der Waals surface area contributed by atoms with Gasteiger partial charge < -0.3 is 15.0 Å². The molecule has 1 N–H and O–H groups in total. The highest BCUT2D eigenvalue weighted by Gasteiger charge is 2.35. The monoisotopic (exact) mass is 354 g/mol. The van der Waals surface area contributed by atoms with E-state index < -0.39 is 5.60 Å². The van der Waals surface area contributed by atoms with Crippen molar-refractivity contribution >= 4 is 6.09 Å². The first kappa shape index (κ1) is 22.3. The number of nitrogens with one attached hydrogen (secondary N) is 1. The normalized spacial score (nSPS) is 18.3. The van der Waals surface area contributed by atoms with Crippen LogP contribution in [-0.2, 0) is 4.74 Å². The second kappa shape index (κ2) is 9.25. The van der Waals surface area contributed by atoms with Crippen molar-refractivity contribution in [3.8, 4) is 0 Å². The van der Waals surface area contributed by atoms with Crippen LogP contribution in [-0.4, -0.2) is 42.8 Å². The van der Waals surface area contributed by atoms with E-state index in [1.165, 1.54) is 0 Å². The zero-order valence-electron chi connectivity index (χ0n) is 17.9. The largest absolute Gasteiger partial charge is 0.444 e. The molecule has 0 atom stereocenters. The van der Waals surface area contributed by atoms with E-state index in [1.54, 1.807) is 0 Å². The maximum atomic E-state index is 12.3. The number of amides is 1. The van der Waals surface area contributed by atoms with Gasteiger partial charge in [-0.2, -0.15) is 0 Å². The van der Waals surface area contributed by atoms with E-state index in [0.29, 0.717) is 17.3 Å². The van der Waals surface area contributed by atoms with Crippen molar-refractivity contribution < 1.29 is 9.53 Å². The average Bonchev–Trinajstić information content (AvgIpc) is 2.49. The summed E-state index contributed by atoms with van der Waals surface area (Å²) in [5.74, 6) is 2.13. The molecule has 0 aromatic carbocycles. The molecule has 0 aliphatic carbocycles. The lowest BCUT2D eigenvalue weighted by molar-refractivity contribution is 0.00923. The molecule has 25 heavy (non-hydrogen) atoms. The van der Waals surface area contributed by atoms with Crippen LogP contribution in [0.15, 0.2) is 0 Å². The fourth-order valence-corrected chi connectivity index (χ4v) is 3.89. The lowest BCUT2D eigenvalue weighted by atomic mass is 9.76. The van der Waals surface area contributed by atoms with Crippen LogP contribution in [0.25, 0.3) is 0 Å². The van der Waals surface area contributed by atoms with Crippen LogP contribution in [0.5, 0.6) is 0 Å². The number of hydrogen-bond donors (Lipinski definition) is 1. The smallest absolute Gasteiger partial charge is 0.410 e. The number of nitrogens with zero attached hydrogens (tertiary/aromatic N) is 1. The molecule has 0 aromatic rings. The molecule has 1 amide bonds. The molecule has 0 spiro atoms. The second-order valence-corrected chi connectivity index (χ2v) is 9.60. The quantitative estimate of drug-likeness (QED) is 0.704. The molecule has 1 rings (SSSR count). The topological polar surface area (TPSA) is 41.6 Å². The molecule has 1 aliphatic rings. The Bertz CT molecular complexity index is 397. The molecule has 1 fully saturated rings. The summed E-state index contributed by atoms with van der Waals surface area (Å²) in [5.41, 5.74) is -0.0995. The third-order valence-corrected chi connectivity index (χ3v) is 5.82. The lowest BCUT2D eigenvalue weighted by Gasteiger charge is -2.42. The summed E-state index contributed by atoms with van der Waals surface area (Å²) in [4.78, 5) is 14.1. The first-order valence-corrected chi connectivity index (χ1v) is 10.2. The highest BCUT2D eigenvalue weighted by molar-refractivity contribution is 5.68. The fourth-order valence-electron chi connectivity index (χ4n) is 3.89. The zero-order chi connectivity index (χ0) is 19.3. The minimum absolute atomic E-state index is 0.162. The van der Waals surface area contributed by atoms with Crippen molar-refractivity contribution in [3.05, 3.63) is 0 Å². The summed E-state index contributed by atoms with van der Waals surface area (Å²) in [6, 6.07) is 0. The zero-order valence-corrected chi connectivity index (χ0v) is 17.9. The number of ether oxygens (including phenoxy) is 1. The van der Waals surface area contributed by atoms with Gasteiger partial charge in [-0.15, -0.1) is 0 Å². The Kier molecular flexibility index (Phi) is 8.24. The standard InChI is InChI=1S/C21H42N2O2/c1-9-21(15-22-14-18(16(2)3)17(4)5)10-12-23(13-11-21)19(24)25-20(6,7)8/h16-18,22H,9-15H2,1-8H3. The van der Waals surface area contributed by atoms with Crippen molar-refractivity contribution in [2.45, 2.75) is 80.3 Å². The Balaban J connectivity index is 2.50. The van der Waals surface area contributed by atoms with Gasteiger partial charge in [0.05, 0.1) is 0 Å². The third kappa shape index (κ3) is 7.16. The molecule has 1 saturated heterocycles. The van der Waals surface area contributed by atoms with Crippen molar-refractivity contribution in [3.63, 3.8) is 0 Å². The van der Waals surface area contributed by atoms with Crippen molar-refractivity contribution in [1.29, 1.82) is 0 Å². The van der Waals surface area contributed by atoms with E-state index >= 15 is 0 Å². The number of rotatable bonds is 7. The van der Waals surface area contributed by atoms with E-state index in [2.05, 4.69) is 39.9 Å². The first-order valence-electron chi connectivity index (χ1n) is 10.2. The van der Waals surface area contributed by atoms with Crippen LogP contribution >= 0.6 is 0 Å². The molecule has 0 aromatic heterocycles. The molecule has 148 valence electrons. The Labute approximate surface area is 156 Å². The maximum absolute atomic E-state index is 12.3. The average molecular weight is 355 g/mol. The van der Waals surface area contributed by atoms with Crippen LogP contribution < -0.4 is 5.32 Å². The van der Waals surface area contributed by atoms with Gasteiger partial charge in [-0.1, -0.05) is 34.6 Å². The van der Waals surface area contributed by atoms with E-state index in [1.807, 2.05) is 25.7 Å². The number of carbonyl (C=O) groups excluding carboxylic acids is 1. The molecule has 1 aliphatic heterocycles. The third-order valence-electron chi connectivity index (χ3n) is 5.82. The summed E-state index contributed by atoms with van der Waals surface area (Å²) in [6.45, 7) is 21.1. The molecule has 1 heterocycles. The molecular formula is C21H42N2O2.